The Morgan fingerprint density at radius 2 is 1.62 bits per heavy atom. The van der Waals surface area contributed by atoms with E-state index >= 15 is 0 Å². The van der Waals surface area contributed by atoms with Crippen molar-refractivity contribution in [3.05, 3.63) is 63.9 Å². The van der Waals surface area contributed by atoms with Gasteiger partial charge in [-0.3, -0.25) is 4.79 Å². The molecule has 2 aromatic heterocycles. The molecule has 0 aliphatic carbocycles. The molecule has 0 saturated carbocycles. The Balaban J connectivity index is 0.00000173. The van der Waals surface area contributed by atoms with E-state index in [9.17, 15) is 13.2 Å². The Morgan fingerprint density at radius 1 is 0.938 bits per heavy atom. The van der Waals surface area contributed by atoms with Crippen LogP contribution in [0.25, 0.3) is 33.1 Å². The first-order valence-corrected chi connectivity index (χ1v) is 13.2. The van der Waals surface area contributed by atoms with Gasteiger partial charge in [0, 0.05) is 31.1 Å². The van der Waals surface area contributed by atoms with Gasteiger partial charge in [0.2, 0.25) is 0 Å². The van der Waals surface area contributed by atoms with E-state index in [1.807, 2.05) is 39.8 Å². The highest BCUT2D eigenvalue weighted by Gasteiger charge is 2.17. The van der Waals surface area contributed by atoms with Gasteiger partial charge in [-0.2, -0.15) is 0 Å². The van der Waals surface area contributed by atoms with E-state index < -0.39 is 9.84 Å². The Hall–Kier alpha value is -2.86. The summed E-state index contributed by atoms with van der Waals surface area (Å²) in [6.45, 7) is 11.9. The van der Waals surface area contributed by atoms with Crippen LogP contribution in [-0.4, -0.2) is 24.6 Å². The van der Waals surface area contributed by atoms with Gasteiger partial charge in [0.1, 0.15) is 0 Å². The van der Waals surface area contributed by atoms with Gasteiger partial charge in [-0.05, 0) is 48.7 Å². The summed E-state index contributed by atoms with van der Waals surface area (Å²) in [6, 6.07) is 13.0. The second-order valence-corrected chi connectivity index (χ2v) is 9.27. The predicted octanol–water partition coefficient (Wildman–Crippen LogP) is 6.89. The molecule has 4 rings (SSSR count). The van der Waals surface area contributed by atoms with Crippen LogP contribution in [-0.2, 0) is 16.3 Å². The van der Waals surface area contributed by atoms with Crippen LogP contribution in [0.2, 0.25) is 0 Å². The molecule has 0 radical (unpaired) electrons. The minimum atomic E-state index is -3.34. The number of rotatable bonds is 4. The highest BCUT2D eigenvalue weighted by molar-refractivity contribution is 7.90. The predicted molar refractivity (Wildman–Crippen MR) is 141 cm³/mol. The fourth-order valence-electron chi connectivity index (χ4n) is 3.75. The second-order valence-electron chi connectivity index (χ2n) is 7.26. The number of hydrogen-bond acceptors (Lipinski definition) is 3. The summed E-state index contributed by atoms with van der Waals surface area (Å²) in [5.41, 5.74) is 5.55. The van der Waals surface area contributed by atoms with Gasteiger partial charge in [0.15, 0.2) is 9.84 Å². The molecule has 0 fully saturated rings. The Bertz CT molecular complexity index is 1390. The number of aromatic nitrogens is 2. The summed E-state index contributed by atoms with van der Waals surface area (Å²) >= 11 is 0. The molecule has 0 spiro atoms. The molecule has 176 valence electrons. The molecule has 0 aliphatic rings. The molecule has 2 N–H and O–H groups in total. The van der Waals surface area contributed by atoms with Crippen molar-refractivity contribution in [1.29, 1.82) is 0 Å². The molecule has 2 aromatic carbocycles. The normalized spacial score (nSPS) is 11.0. The molecule has 0 unspecified atom stereocenters. The number of nitrogens with one attached hydrogen (secondary N) is 2. The molecule has 0 aliphatic heterocycles. The van der Waals surface area contributed by atoms with Crippen LogP contribution in [0.5, 0.6) is 0 Å². The zero-order valence-electron chi connectivity index (χ0n) is 20.1. The Morgan fingerprint density at radius 3 is 2.25 bits per heavy atom. The van der Waals surface area contributed by atoms with E-state index in [0.717, 1.165) is 40.3 Å². The molecule has 5 nitrogen and oxygen atoms in total. The molecule has 0 saturated heterocycles. The fourth-order valence-corrected chi connectivity index (χ4v) is 4.42. The van der Waals surface area contributed by atoms with Crippen LogP contribution in [0.15, 0.2) is 52.2 Å². The average molecular weight is 459 g/mol. The number of aromatic amines is 2. The molecule has 0 atom stereocenters. The van der Waals surface area contributed by atoms with Crippen molar-refractivity contribution in [2.75, 3.05) is 6.26 Å². The summed E-state index contributed by atoms with van der Waals surface area (Å²) < 4.78 is 24.0. The molecular formula is C26H38N2O3S. The maximum Gasteiger partial charge on any atom is 0.252 e. The lowest BCUT2D eigenvalue weighted by molar-refractivity contribution is 0.602. The maximum absolute atomic E-state index is 12.7. The van der Waals surface area contributed by atoms with E-state index in [1.165, 1.54) is 11.8 Å². The quantitative estimate of drug-likeness (QED) is 0.349. The van der Waals surface area contributed by atoms with Crippen molar-refractivity contribution in [2.24, 2.45) is 0 Å². The summed E-state index contributed by atoms with van der Waals surface area (Å²) in [5, 5.41) is 0.971. The zero-order chi connectivity index (χ0) is 24.1. The highest BCUT2D eigenvalue weighted by Crippen LogP contribution is 2.34. The molecular weight excluding hydrogens is 420 g/mol. The Kier molecular flexibility index (Phi) is 8.44. The van der Waals surface area contributed by atoms with Gasteiger partial charge in [-0.15, -0.1) is 0 Å². The summed E-state index contributed by atoms with van der Waals surface area (Å²) in [5.74, 6) is 0. The first-order chi connectivity index (χ1) is 15.3. The van der Waals surface area contributed by atoms with Crippen molar-refractivity contribution in [3.63, 3.8) is 0 Å². The molecule has 0 amide bonds. The minimum Gasteiger partial charge on any atom is -0.353 e. The van der Waals surface area contributed by atoms with E-state index in [1.54, 1.807) is 25.1 Å². The van der Waals surface area contributed by atoms with Crippen molar-refractivity contribution in [3.8, 4) is 11.1 Å². The highest BCUT2D eigenvalue weighted by atomic mass is 32.2. The van der Waals surface area contributed by atoms with Gasteiger partial charge in [-0.25, -0.2) is 8.42 Å². The SMILES string of the molecule is CC.CC.CCCc1ccc2[nH]c3c(-c4cccc(S(C)(=O)=O)c4)c(C)c(=O)[nH]c3c2c1.[HH].[HH]. The van der Waals surface area contributed by atoms with Gasteiger partial charge < -0.3 is 9.97 Å². The zero-order valence-corrected chi connectivity index (χ0v) is 20.9. The fraction of sp³-hybridized carbons (Fsp3) is 0.346. The smallest absolute Gasteiger partial charge is 0.252 e. The molecule has 2 heterocycles. The standard InChI is InChI=1S/C22H22N2O3S.2C2H6.2H2/c1-4-6-14-9-10-18-17(11-14)20-21(23-18)19(13(2)22(25)24-20)15-7-5-8-16(12-15)28(3,26)27;2*1-2;;/h5,7-12,23H,4,6H2,1-3H3,(H,24,25);2*1-2H3;2*1H. The summed E-state index contributed by atoms with van der Waals surface area (Å²) in [7, 11) is -3.34. The largest absolute Gasteiger partial charge is 0.353 e. The molecule has 4 aromatic rings. The van der Waals surface area contributed by atoms with Crippen LogP contribution in [0, 0.1) is 6.92 Å². The number of fused-ring (bicyclic) bond motifs is 3. The van der Waals surface area contributed by atoms with Crippen molar-refractivity contribution < 1.29 is 11.3 Å². The average Bonchev–Trinajstić information content (AvgIpc) is 3.14. The first-order valence-electron chi connectivity index (χ1n) is 11.3. The number of aryl methyl sites for hydroxylation is 1. The van der Waals surface area contributed by atoms with E-state index in [-0.39, 0.29) is 13.3 Å². The number of benzene rings is 2. The number of pyridine rings is 1. The molecule has 0 bridgehead atoms. The Labute approximate surface area is 193 Å². The minimum absolute atomic E-state index is 0. The first kappa shape index (κ1) is 25.4. The van der Waals surface area contributed by atoms with Crippen LogP contribution < -0.4 is 5.56 Å². The van der Waals surface area contributed by atoms with Gasteiger partial charge in [0.05, 0.1) is 15.9 Å². The number of hydrogen-bond donors (Lipinski definition) is 2. The van der Waals surface area contributed by atoms with E-state index in [0.29, 0.717) is 11.1 Å². The lowest BCUT2D eigenvalue weighted by Crippen LogP contribution is -2.11. The summed E-state index contributed by atoms with van der Waals surface area (Å²) in [6.07, 6.45) is 3.21. The third-order valence-corrected chi connectivity index (χ3v) is 6.27. The summed E-state index contributed by atoms with van der Waals surface area (Å²) in [4.78, 5) is 19.3. The third-order valence-electron chi connectivity index (χ3n) is 5.16. The number of sulfone groups is 1. The van der Waals surface area contributed by atoms with Crippen molar-refractivity contribution in [2.45, 2.75) is 59.3 Å². The number of H-pyrrole nitrogens is 2. The van der Waals surface area contributed by atoms with E-state index in [4.69, 9.17) is 0 Å². The van der Waals surface area contributed by atoms with Crippen LogP contribution in [0.4, 0.5) is 0 Å². The third kappa shape index (κ3) is 4.96. The lowest BCUT2D eigenvalue weighted by atomic mass is 10.00. The van der Waals surface area contributed by atoms with Crippen LogP contribution in [0.3, 0.4) is 0 Å². The van der Waals surface area contributed by atoms with Crippen molar-refractivity contribution >= 4 is 31.8 Å². The maximum atomic E-state index is 12.7. The topological polar surface area (TPSA) is 82.8 Å². The van der Waals surface area contributed by atoms with Crippen LogP contribution in [0.1, 0.15) is 55.0 Å². The second kappa shape index (κ2) is 10.6. The molecule has 32 heavy (non-hydrogen) atoms. The monoisotopic (exact) mass is 458 g/mol. The van der Waals surface area contributed by atoms with Gasteiger partial charge in [0.25, 0.3) is 5.56 Å². The van der Waals surface area contributed by atoms with E-state index in [2.05, 4.69) is 29.0 Å². The van der Waals surface area contributed by atoms with Gasteiger partial charge in [-0.1, -0.05) is 59.2 Å². The lowest BCUT2D eigenvalue weighted by Gasteiger charge is -2.09. The van der Waals surface area contributed by atoms with Gasteiger partial charge >= 0.3 is 0 Å². The van der Waals surface area contributed by atoms with Crippen LogP contribution >= 0.6 is 0 Å². The van der Waals surface area contributed by atoms with Crippen molar-refractivity contribution in [1.82, 2.24) is 9.97 Å². The molecule has 6 heteroatoms.